The second-order valence-corrected chi connectivity index (χ2v) is 5.27. The quantitative estimate of drug-likeness (QED) is 0.607. The van der Waals surface area contributed by atoms with Gasteiger partial charge in [0.05, 0.1) is 0 Å². The highest BCUT2D eigenvalue weighted by atomic mass is 32.2. The molecule has 5 heteroatoms. The second-order valence-electron chi connectivity index (χ2n) is 4.14. The van der Waals surface area contributed by atoms with Gasteiger partial charge in [0.25, 0.3) is 0 Å². The van der Waals surface area contributed by atoms with E-state index < -0.39 is 11.5 Å². The number of benzene rings is 1. The number of carboxylic acid groups (broad SMARTS) is 1. The number of hydrogen-bond donors (Lipinski definition) is 2. The van der Waals surface area contributed by atoms with E-state index in [1.54, 1.807) is 32.0 Å². The zero-order valence-electron chi connectivity index (χ0n) is 9.87. The van der Waals surface area contributed by atoms with Gasteiger partial charge in [0, 0.05) is 17.2 Å². The molecule has 0 bridgehead atoms. The highest BCUT2D eigenvalue weighted by molar-refractivity contribution is 7.99. The molecule has 94 valence electrons. The van der Waals surface area contributed by atoms with E-state index in [-0.39, 0.29) is 5.82 Å². The molecule has 0 unspecified atom stereocenters. The molecule has 0 heterocycles. The largest absolute Gasteiger partial charge is 0.480 e. The first kappa shape index (κ1) is 14.0. The number of nitrogens with one attached hydrogen (secondary N) is 1. The summed E-state index contributed by atoms with van der Waals surface area (Å²) in [5, 5.41) is 11.8. The Bertz CT molecular complexity index is 396. The molecule has 0 atom stereocenters. The number of thioether (sulfide) groups is 1. The van der Waals surface area contributed by atoms with Gasteiger partial charge in [-0.15, -0.1) is 11.8 Å². The molecule has 0 amide bonds. The van der Waals surface area contributed by atoms with Crippen molar-refractivity contribution in [3.63, 3.8) is 0 Å². The zero-order chi connectivity index (χ0) is 12.9. The van der Waals surface area contributed by atoms with Gasteiger partial charge in [-0.3, -0.25) is 4.79 Å². The maximum absolute atomic E-state index is 13.2. The fourth-order valence-electron chi connectivity index (χ4n) is 1.16. The summed E-state index contributed by atoms with van der Waals surface area (Å²) in [4.78, 5) is 11.4. The lowest BCUT2D eigenvalue weighted by atomic mass is 10.1. The molecule has 0 aliphatic heterocycles. The minimum Gasteiger partial charge on any atom is -0.480 e. The van der Waals surface area contributed by atoms with Crippen LogP contribution in [0, 0.1) is 5.82 Å². The lowest BCUT2D eigenvalue weighted by Crippen LogP contribution is -2.47. The van der Waals surface area contributed by atoms with Crippen LogP contribution in [0.1, 0.15) is 13.8 Å². The van der Waals surface area contributed by atoms with Crippen molar-refractivity contribution in [2.75, 3.05) is 12.3 Å². The van der Waals surface area contributed by atoms with E-state index in [2.05, 4.69) is 5.32 Å². The average Bonchev–Trinajstić information content (AvgIpc) is 2.26. The molecule has 1 aromatic carbocycles. The standard InChI is InChI=1S/C12H16FNO2S/c1-12(2,11(15)16)14-7-8-17-10-6-4-3-5-9(10)13/h3-6,14H,7-8H2,1-2H3,(H,15,16). The predicted octanol–water partition coefficient (Wildman–Crippen LogP) is 2.37. The molecule has 0 aliphatic carbocycles. The van der Waals surface area contributed by atoms with Crippen LogP contribution in [0.5, 0.6) is 0 Å². The van der Waals surface area contributed by atoms with Crippen molar-refractivity contribution in [2.45, 2.75) is 24.3 Å². The maximum atomic E-state index is 13.2. The molecule has 0 radical (unpaired) electrons. The Morgan fingerprint density at radius 3 is 2.71 bits per heavy atom. The van der Waals surface area contributed by atoms with Crippen LogP contribution in [0.15, 0.2) is 29.2 Å². The molecule has 0 aliphatic rings. The Labute approximate surface area is 104 Å². The number of rotatable bonds is 6. The molecule has 0 spiro atoms. The normalized spacial score (nSPS) is 11.5. The zero-order valence-corrected chi connectivity index (χ0v) is 10.7. The number of aliphatic carboxylic acids is 1. The van der Waals surface area contributed by atoms with Gasteiger partial charge in [0.1, 0.15) is 11.4 Å². The van der Waals surface area contributed by atoms with Crippen molar-refractivity contribution in [3.8, 4) is 0 Å². The van der Waals surface area contributed by atoms with Crippen LogP contribution in [0.4, 0.5) is 4.39 Å². The Balaban J connectivity index is 2.35. The first-order chi connectivity index (χ1) is 7.93. The molecular formula is C12H16FNO2S. The molecule has 0 saturated carbocycles. The van der Waals surface area contributed by atoms with Gasteiger partial charge in [0.15, 0.2) is 0 Å². The van der Waals surface area contributed by atoms with Crippen molar-refractivity contribution in [2.24, 2.45) is 0 Å². The highest BCUT2D eigenvalue weighted by Gasteiger charge is 2.25. The summed E-state index contributed by atoms with van der Waals surface area (Å²) in [6, 6.07) is 6.55. The van der Waals surface area contributed by atoms with Crippen molar-refractivity contribution in [1.82, 2.24) is 5.32 Å². The first-order valence-electron chi connectivity index (χ1n) is 5.29. The average molecular weight is 257 g/mol. The lowest BCUT2D eigenvalue weighted by molar-refractivity contribution is -0.143. The van der Waals surface area contributed by atoms with Gasteiger partial charge >= 0.3 is 5.97 Å². The fourth-order valence-corrected chi connectivity index (χ4v) is 1.97. The van der Waals surface area contributed by atoms with Crippen molar-refractivity contribution in [3.05, 3.63) is 30.1 Å². The Kier molecular flexibility index (Phi) is 4.96. The maximum Gasteiger partial charge on any atom is 0.323 e. The number of hydrogen-bond acceptors (Lipinski definition) is 3. The van der Waals surface area contributed by atoms with E-state index in [0.29, 0.717) is 17.2 Å². The van der Waals surface area contributed by atoms with Crippen molar-refractivity contribution in [1.29, 1.82) is 0 Å². The van der Waals surface area contributed by atoms with E-state index >= 15 is 0 Å². The Morgan fingerprint density at radius 1 is 1.47 bits per heavy atom. The van der Waals surface area contributed by atoms with E-state index in [9.17, 15) is 9.18 Å². The van der Waals surface area contributed by atoms with Crippen molar-refractivity contribution >= 4 is 17.7 Å². The summed E-state index contributed by atoms with van der Waals surface area (Å²) in [6.07, 6.45) is 0. The molecule has 1 aromatic rings. The second kappa shape index (κ2) is 6.02. The van der Waals surface area contributed by atoms with Crippen LogP contribution in [0.3, 0.4) is 0 Å². The van der Waals surface area contributed by atoms with Crippen molar-refractivity contribution < 1.29 is 14.3 Å². The Morgan fingerprint density at radius 2 is 2.12 bits per heavy atom. The van der Waals surface area contributed by atoms with E-state index in [1.165, 1.54) is 17.8 Å². The van der Waals surface area contributed by atoms with Crippen LogP contribution in [-0.4, -0.2) is 28.9 Å². The van der Waals surface area contributed by atoms with Crippen LogP contribution < -0.4 is 5.32 Å². The summed E-state index contributed by atoms with van der Waals surface area (Å²) in [7, 11) is 0. The van der Waals surface area contributed by atoms with Gasteiger partial charge in [0.2, 0.25) is 0 Å². The molecular weight excluding hydrogens is 241 g/mol. The van der Waals surface area contributed by atoms with Crippen LogP contribution in [0.25, 0.3) is 0 Å². The van der Waals surface area contributed by atoms with E-state index in [0.717, 1.165) is 0 Å². The molecule has 2 N–H and O–H groups in total. The summed E-state index contributed by atoms with van der Waals surface area (Å²) >= 11 is 1.37. The first-order valence-corrected chi connectivity index (χ1v) is 6.28. The summed E-state index contributed by atoms with van der Waals surface area (Å²) in [6.45, 7) is 3.71. The summed E-state index contributed by atoms with van der Waals surface area (Å²) in [5.41, 5.74) is -0.949. The van der Waals surface area contributed by atoms with Crippen LogP contribution >= 0.6 is 11.8 Å². The van der Waals surface area contributed by atoms with Gasteiger partial charge < -0.3 is 10.4 Å². The number of halogens is 1. The molecule has 1 rings (SSSR count). The number of carbonyl (C=O) groups is 1. The summed E-state index contributed by atoms with van der Waals surface area (Å²) in [5.74, 6) is -0.513. The lowest BCUT2D eigenvalue weighted by Gasteiger charge is -2.20. The summed E-state index contributed by atoms with van der Waals surface area (Å²) < 4.78 is 13.2. The van der Waals surface area contributed by atoms with Crippen LogP contribution in [0.2, 0.25) is 0 Å². The molecule has 3 nitrogen and oxygen atoms in total. The molecule has 17 heavy (non-hydrogen) atoms. The molecule has 0 saturated heterocycles. The smallest absolute Gasteiger partial charge is 0.323 e. The molecule has 0 aromatic heterocycles. The third-order valence-corrected chi connectivity index (χ3v) is 3.35. The number of carboxylic acids is 1. The topological polar surface area (TPSA) is 49.3 Å². The SMILES string of the molecule is CC(C)(NCCSc1ccccc1F)C(=O)O. The predicted molar refractivity (Wildman–Crippen MR) is 66.8 cm³/mol. The third kappa shape index (κ3) is 4.36. The minimum absolute atomic E-state index is 0.241. The van der Waals surface area contributed by atoms with Gasteiger partial charge in [-0.2, -0.15) is 0 Å². The van der Waals surface area contributed by atoms with Crippen LogP contribution in [-0.2, 0) is 4.79 Å². The van der Waals surface area contributed by atoms with E-state index in [1.807, 2.05) is 0 Å². The molecule has 0 fully saturated rings. The van der Waals surface area contributed by atoms with Gasteiger partial charge in [-0.1, -0.05) is 12.1 Å². The highest BCUT2D eigenvalue weighted by Crippen LogP contribution is 2.20. The monoisotopic (exact) mass is 257 g/mol. The third-order valence-electron chi connectivity index (χ3n) is 2.30. The Hall–Kier alpha value is -1.07. The van der Waals surface area contributed by atoms with Gasteiger partial charge in [-0.25, -0.2) is 4.39 Å². The van der Waals surface area contributed by atoms with Gasteiger partial charge in [-0.05, 0) is 26.0 Å². The fraction of sp³-hybridized carbons (Fsp3) is 0.417. The van der Waals surface area contributed by atoms with E-state index in [4.69, 9.17) is 5.11 Å². The minimum atomic E-state index is -0.949.